The van der Waals surface area contributed by atoms with Crippen LogP contribution in [0.3, 0.4) is 0 Å². The maximum Gasteiger partial charge on any atom is 0.387 e. The van der Waals surface area contributed by atoms with Crippen molar-refractivity contribution < 1.29 is 17.9 Å². The maximum absolute atomic E-state index is 13.9. The smallest absolute Gasteiger partial charge is 0.387 e. The number of rotatable bonds is 5. The summed E-state index contributed by atoms with van der Waals surface area (Å²) in [7, 11) is 0. The molecule has 4 rings (SSSR count). The predicted molar refractivity (Wildman–Crippen MR) is 102 cm³/mol. The number of para-hydroxylation sites is 2. The van der Waals surface area contributed by atoms with Crippen LogP contribution in [-0.2, 0) is 0 Å². The van der Waals surface area contributed by atoms with E-state index in [1.165, 1.54) is 6.07 Å². The highest BCUT2D eigenvalue weighted by Gasteiger charge is 2.14. The lowest BCUT2D eigenvalue weighted by Gasteiger charge is -2.11. The fraction of sp³-hybridized carbons (Fsp3) is 0.105. The van der Waals surface area contributed by atoms with E-state index in [1.54, 1.807) is 6.07 Å². The van der Waals surface area contributed by atoms with E-state index in [0.717, 1.165) is 23.2 Å². The summed E-state index contributed by atoms with van der Waals surface area (Å²) in [4.78, 5) is 13.0. The molecule has 2 aromatic carbocycles. The van der Waals surface area contributed by atoms with Crippen LogP contribution in [-0.4, -0.2) is 26.1 Å². The van der Waals surface area contributed by atoms with E-state index in [1.807, 2.05) is 35.8 Å². The molecule has 7 nitrogen and oxygen atoms in total. The number of fused-ring (bicyclic) bond motifs is 1. The van der Waals surface area contributed by atoms with Gasteiger partial charge < -0.3 is 15.8 Å². The largest absolute Gasteiger partial charge is 0.432 e. The Morgan fingerprint density at radius 3 is 2.62 bits per heavy atom. The molecule has 0 unspecified atom stereocenters. The number of hydrogen-bond acceptors (Lipinski definition) is 6. The number of hydrogen-bond donors (Lipinski definition) is 2. The molecule has 0 fully saturated rings. The molecule has 29 heavy (non-hydrogen) atoms. The Kier molecular flexibility index (Phi) is 4.67. The molecule has 0 amide bonds. The van der Waals surface area contributed by atoms with Crippen molar-refractivity contribution in [1.82, 2.24) is 19.5 Å². The van der Waals surface area contributed by atoms with E-state index in [4.69, 9.17) is 5.73 Å². The third-order valence-electron chi connectivity index (χ3n) is 4.09. The van der Waals surface area contributed by atoms with Gasteiger partial charge in [0.2, 0.25) is 5.95 Å². The number of ether oxygens (including phenoxy) is 1. The highest BCUT2D eigenvalue weighted by Crippen LogP contribution is 2.26. The van der Waals surface area contributed by atoms with Gasteiger partial charge in [-0.1, -0.05) is 12.1 Å². The molecule has 0 bridgehead atoms. The second-order valence-corrected chi connectivity index (χ2v) is 6.11. The van der Waals surface area contributed by atoms with Gasteiger partial charge in [-0.25, -0.2) is 9.37 Å². The first kappa shape index (κ1) is 18.5. The number of aryl methyl sites for hydroxylation is 1. The minimum Gasteiger partial charge on any atom is -0.432 e. The number of nitrogen functional groups attached to an aromatic ring is 1. The van der Waals surface area contributed by atoms with Gasteiger partial charge in [-0.3, -0.25) is 4.57 Å². The lowest BCUT2D eigenvalue weighted by Crippen LogP contribution is -2.07. The van der Waals surface area contributed by atoms with Gasteiger partial charge in [-0.15, -0.1) is 0 Å². The summed E-state index contributed by atoms with van der Waals surface area (Å²) in [5.41, 5.74) is 7.80. The average molecular weight is 400 g/mol. The number of aromatic nitrogens is 4. The molecular weight excluding hydrogens is 385 g/mol. The number of alkyl halides is 2. The summed E-state index contributed by atoms with van der Waals surface area (Å²) in [6.45, 7) is -1.28. The molecule has 0 aliphatic carbocycles. The van der Waals surface area contributed by atoms with Crippen molar-refractivity contribution >= 4 is 28.5 Å². The van der Waals surface area contributed by atoms with Crippen LogP contribution in [0.4, 0.5) is 30.6 Å². The first-order chi connectivity index (χ1) is 13.9. The van der Waals surface area contributed by atoms with Crippen LogP contribution in [0.2, 0.25) is 0 Å². The van der Waals surface area contributed by atoms with Gasteiger partial charge in [0, 0.05) is 17.8 Å². The van der Waals surface area contributed by atoms with Crippen LogP contribution < -0.4 is 15.8 Å². The van der Waals surface area contributed by atoms with E-state index < -0.39 is 18.2 Å². The lowest BCUT2D eigenvalue weighted by atomic mass is 10.3. The molecule has 0 saturated carbocycles. The minimum absolute atomic E-state index is 0.110. The number of anilines is 3. The third-order valence-corrected chi connectivity index (χ3v) is 4.09. The van der Waals surface area contributed by atoms with Crippen LogP contribution in [0.5, 0.6) is 5.75 Å². The van der Waals surface area contributed by atoms with E-state index in [-0.39, 0.29) is 17.5 Å². The number of nitrogens with zero attached hydrogens (tertiary/aromatic N) is 4. The van der Waals surface area contributed by atoms with Crippen molar-refractivity contribution in [2.75, 3.05) is 11.1 Å². The predicted octanol–water partition coefficient (Wildman–Crippen LogP) is 4.19. The van der Waals surface area contributed by atoms with Crippen molar-refractivity contribution in [1.29, 1.82) is 0 Å². The number of benzene rings is 2. The zero-order valence-corrected chi connectivity index (χ0v) is 15.1. The normalized spacial score (nSPS) is 11.2. The van der Waals surface area contributed by atoms with Gasteiger partial charge in [-0.2, -0.15) is 18.7 Å². The molecule has 148 valence electrons. The molecule has 3 N–H and O–H groups in total. The van der Waals surface area contributed by atoms with Crippen molar-refractivity contribution in [2.45, 2.75) is 13.5 Å². The van der Waals surface area contributed by atoms with Crippen LogP contribution in [0, 0.1) is 12.7 Å². The fourth-order valence-electron chi connectivity index (χ4n) is 2.96. The standard InChI is InChI=1S/C19H15F3N6O/c1-10-24-13-4-2-3-5-14(13)28(10)17-9-16(23)26-19(27-17)25-11-6-7-15(12(20)8-11)29-18(21)22/h2-9,18H,1H3,(H3,23,25,26,27). The van der Waals surface area contributed by atoms with Crippen LogP contribution in [0.15, 0.2) is 48.5 Å². The topological polar surface area (TPSA) is 90.9 Å². The number of nitrogens with two attached hydrogens (primary N) is 1. The molecule has 0 spiro atoms. The molecule has 10 heteroatoms. The molecule has 2 heterocycles. The van der Waals surface area contributed by atoms with Gasteiger partial charge in [-0.05, 0) is 31.2 Å². The highest BCUT2D eigenvalue weighted by atomic mass is 19.3. The van der Waals surface area contributed by atoms with Gasteiger partial charge in [0.05, 0.1) is 11.0 Å². The van der Waals surface area contributed by atoms with Gasteiger partial charge in [0.25, 0.3) is 0 Å². The van der Waals surface area contributed by atoms with Crippen molar-refractivity contribution in [3.63, 3.8) is 0 Å². The maximum atomic E-state index is 13.9. The molecule has 2 aromatic heterocycles. The highest BCUT2D eigenvalue weighted by molar-refractivity contribution is 5.78. The monoisotopic (exact) mass is 400 g/mol. The first-order valence-electron chi connectivity index (χ1n) is 8.51. The van der Waals surface area contributed by atoms with Crippen LogP contribution >= 0.6 is 0 Å². The molecule has 0 atom stereocenters. The summed E-state index contributed by atoms with van der Waals surface area (Å²) in [6.07, 6.45) is 0. The molecule has 4 aromatic rings. The Hall–Kier alpha value is -3.82. The zero-order chi connectivity index (χ0) is 20.5. The molecule has 0 aliphatic heterocycles. The molecule has 0 aliphatic rings. The lowest BCUT2D eigenvalue weighted by molar-refractivity contribution is -0.0521. The van der Waals surface area contributed by atoms with Crippen molar-refractivity contribution in [2.24, 2.45) is 0 Å². The Bertz CT molecular complexity index is 1190. The van der Waals surface area contributed by atoms with Crippen LogP contribution in [0.25, 0.3) is 16.9 Å². The Morgan fingerprint density at radius 2 is 1.86 bits per heavy atom. The van der Waals surface area contributed by atoms with Gasteiger partial charge >= 0.3 is 6.61 Å². The summed E-state index contributed by atoms with van der Waals surface area (Å²) in [5, 5.41) is 2.82. The fourth-order valence-corrected chi connectivity index (χ4v) is 2.96. The van der Waals surface area contributed by atoms with E-state index in [2.05, 4.69) is 25.0 Å². The van der Waals surface area contributed by atoms with Gasteiger partial charge in [0.15, 0.2) is 11.6 Å². The summed E-state index contributed by atoms with van der Waals surface area (Å²) in [6, 6.07) is 12.6. The summed E-state index contributed by atoms with van der Waals surface area (Å²) >= 11 is 0. The molecule has 0 radical (unpaired) electrons. The quantitative estimate of drug-likeness (QED) is 0.522. The SMILES string of the molecule is Cc1nc2ccccc2n1-c1cc(N)nc(Nc2ccc(OC(F)F)c(F)c2)n1. The Labute approximate surface area is 163 Å². The first-order valence-corrected chi connectivity index (χ1v) is 8.51. The summed E-state index contributed by atoms with van der Waals surface area (Å²) < 4.78 is 44.4. The minimum atomic E-state index is -3.11. The van der Waals surface area contributed by atoms with Crippen molar-refractivity contribution in [3.8, 4) is 11.6 Å². The van der Waals surface area contributed by atoms with E-state index in [0.29, 0.717) is 11.6 Å². The Balaban J connectivity index is 1.69. The second kappa shape index (κ2) is 7.30. The number of nitrogens with one attached hydrogen (secondary N) is 1. The zero-order valence-electron chi connectivity index (χ0n) is 15.1. The van der Waals surface area contributed by atoms with E-state index >= 15 is 0 Å². The second-order valence-electron chi connectivity index (χ2n) is 6.11. The van der Waals surface area contributed by atoms with E-state index in [9.17, 15) is 13.2 Å². The van der Waals surface area contributed by atoms with Gasteiger partial charge in [0.1, 0.15) is 17.5 Å². The summed E-state index contributed by atoms with van der Waals surface area (Å²) in [5.74, 6) is -0.0258. The third kappa shape index (κ3) is 3.77. The average Bonchev–Trinajstić information content (AvgIpc) is 2.99. The number of halogens is 3. The molecular formula is C19H15F3N6O. The number of imidazole rings is 1. The Morgan fingerprint density at radius 1 is 1.07 bits per heavy atom. The molecule has 0 saturated heterocycles. The van der Waals surface area contributed by atoms with Crippen LogP contribution in [0.1, 0.15) is 5.82 Å². The van der Waals surface area contributed by atoms with Crippen molar-refractivity contribution in [3.05, 3.63) is 60.2 Å².